The van der Waals surface area contributed by atoms with Crippen LogP contribution in [0.3, 0.4) is 0 Å². The summed E-state index contributed by atoms with van der Waals surface area (Å²) in [5.74, 6) is 0.703. The summed E-state index contributed by atoms with van der Waals surface area (Å²) in [7, 11) is 0. The van der Waals surface area contributed by atoms with Crippen molar-refractivity contribution >= 4 is 10.9 Å². The van der Waals surface area contributed by atoms with E-state index in [0.717, 1.165) is 27.7 Å². The number of hydrogen-bond acceptors (Lipinski definition) is 2. The van der Waals surface area contributed by atoms with Gasteiger partial charge in [-0.3, -0.25) is 0 Å². The van der Waals surface area contributed by atoms with Crippen molar-refractivity contribution in [2.75, 3.05) is 0 Å². The first kappa shape index (κ1) is 34.4. The topological polar surface area (TPSA) is 25.8 Å². The molecule has 2 unspecified atom stereocenters. The molecule has 0 bridgehead atoms. The Morgan fingerprint density at radius 2 is 0.800 bits per heavy atom. The Bertz CT molecular complexity index is 3250. The fourth-order valence-electron chi connectivity index (χ4n) is 10.6. The smallest absolute Gasteiger partial charge is 0.160 e. The molecule has 60 heavy (non-hydrogen) atoms. The van der Waals surface area contributed by atoms with Crippen LogP contribution in [0.15, 0.2) is 231 Å². The number of para-hydroxylation sites is 1. The van der Waals surface area contributed by atoms with Gasteiger partial charge in [-0.15, -0.1) is 0 Å². The van der Waals surface area contributed by atoms with E-state index >= 15 is 0 Å². The number of benzene rings is 9. The summed E-state index contributed by atoms with van der Waals surface area (Å²) >= 11 is 0. The molecule has 2 aliphatic rings. The second-order valence-corrected chi connectivity index (χ2v) is 16.0. The van der Waals surface area contributed by atoms with Crippen molar-refractivity contribution in [1.82, 2.24) is 9.97 Å². The minimum atomic E-state index is -0.660. The van der Waals surface area contributed by atoms with Gasteiger partial charge in [-0.2, -0.15) is 0 Å². The lowest BCUT2D eigenvalue weighted by atomic mass is 9.51. The van der Waals surface area contributed by atoms with Crippen LogP contribution in [-0.4, -0.2) is 9.97 Å². The Kier molecular flexibility index (Phi) is 7.70. The van der Waals surface area contributed by atoms with Gasteiger partial charge in [0.25, 0.3) is 0 Å². The van der Waals surface area contributed by atoms with E-state index < -0.39 is 10.8 Å². The first-order chi connectivity index (χ1) is 29.8. The maximum atomic E-state index is 5.42. The van der Waals surface area contributed by atoms with Gasteiger partial charge in [0.05, 0.1) is 22.0 Å². The largest absolute Gasteiger partial charge is 0.228 e. The molecule has 10 aromatic rings. The molecule has 2 nitrogen and oxygen atoms in total. The summed E-state index contributed by atoms with van der Waals surface area (Å²) in [6, 6.07) is 84.2. The molecule has 0 saturated carbocycles. The van der Waals surface area contributed by atoms with Crippen LogP contribution in [-0.2, 0) is 10.8 Å². The predicted octanol–water partition coefficient (Wildman–Crippen LogP) is 13.7. The minimum absolute atomic E-state index is 0.497. The van der Waals surface area contributed by atoms with Crippen LogP contribution in [0.25, 0.3) is 55.8 Å². The average molecular weight is 763 g/mol. The molecule has 12 rings (SSSR count). The molecule has 0 amide bonds. The van der Waals surface area contributed by atoms with Gasteiger partial charge in [-0.25, -0.2) is 9.97 Å². The minimum Gasteiger partial charge on any atom is -0.228 e. The van der Waals surface area contributed by atoms with Crippen LogP contribution in [0, 0.1) is 0 Å². The van der Waals surface area contributed by atoms with Crippen LogP contribution in [0.4, 0.5) is 0 Å². The summed E-state index contributed by atoms with van der Waals surface area (Å²) in [5.41, 5.74) is 17.9. The summed E-state index contributed by atoms with van der Waals surface area (Å²) in [4.78, 5) is 10.7. The van der Waals surface area contributed by atoms with Crippen molar-refractivity contribution < 1.29 is 0 Å². The molecule has 2 atom stereocenters. The summed E-state index contributed by atoms with van der Waals surface area (Å²) in [6.45, 7) is 0. The highest BCUT2D eigenvalue weighted by Gasteiger charge is 2.57. The maximum Gasteiger partial charge on any atom is 0.160 e. The zero-order valence-electron chi connectivity index (χ0n) is 32.8. The maximum absolute atomic E-state index is 5.42. The average Bonchev–Trinajstić information content (AvgIpc) is 3.64. The number of hydrogen-bond donors (Lipinski definition) is 0. The van der Waals surface area contributed by atoms with E-state index in [4.69, 9.17) is 9.97 Å². The van der Waals surface area contributed by atoms with E-state index in [0.29, 0.717) is 5.82 Å². The van der Waals surface area contributed by atoms with Gasteiger partial charge in [0.1, 0.15) is 0 Å². The number of nitrogens with zero attached hydrogens (tertiary/aromatic N) is 2. The van der Waals surface area contributed by atoms with Gasteiger partial charge >= 0.3 is 0 Å². The summed E-state index contributed by atoms with van der Waals surface area (Å²) in [5, 5.41) is 1.03. The molecule has 1 heterocycles. The van der Waals surface area contributed by atoms with Gasteiger partial charge in [0.15, 0.2) is 5.82 Å². The second-order valence-electron chi connectivity index (χ2n) is 16.0. The fraction of sp³-hybridized carbons (Fsp3) is 0.0345. The third kappa shape index (κ3) is 4.82. The molecule has 0 N–H and O–H groups in total. The first-order valence-corrected chi connectivity index (χ1v) is 20.7. The molecule has 0 radical (unpaired) electrons. The summed E-state index contributed by atoms with van der Waals surface area (Å²) in [6.07, 6.45) is 0. The fourth-order valence-corrected chi connectivity index (χ4v) is 10.6. The third-order valence-electron chi connectivity index (χ3n) is 13.0. The molecule has 9 aromatic carbocycles. The molecule has 0 saturated heterocycles. The van der Waals surface area contributed by atoms with Crippen LogP contribution >= 0.6 is 0 Å². The van der Waals surface area contributed by atoms with Crippen molar-refractivity contribution in [2.24, 2.45) is 0 Å². The molecule has 2 aliphatic carbocycles. The number of rotatable bonds is 6. The highest BCUT2D eigenvalue weighted by molar-refractivity contribution is 5.95. The predicted molar refractivity (Wildman–Crippen MR) is 245 cm³/mol. The lowest BCUT2D eigenvalue weighted by Crippen LogP contribution is -2.44. The van der Waals surface area contributed by atoms with Gasteiger partial charge in [-0.05, 0) is 78.9 Å². The van der Waals surface area contributed by atoms with E-state index in [1.807, 2.05) is 0 Å². The zero-order valence-corrected chi connectivity index (χ0v) is 32.8. The van der Waals surface area contributed by atoms with E-state index in [-0.39, 0.29) is 0 Å². The Morgan fingerprint density at radius 1 is 0.300 bits per heavy atom. The van der Waals surface area contributed by atoms with Gasteiger partial charge in [-0.1, -0.05) is 218 Å². The Balaban J connectivity index is 1.12. The standard InChI is InChI=1S/C58H38N2/c1-4-18-39(19-5-1)40-34-36-41(37-35-40)55-48-27-11-15-33-53(48)59-56(60-55)42-20-16-25-45(38-42)57(43-21-6-2-7-22-43)50-30-13-14-31-51(50)58(44-23-8-3-9-24-44)49-29-12-10-26-46(49)47-28-17-32-52(57)54(47)58/h1-38H. The Labute approximate surface area is 350 Å². The van der Waals surface area contributed by atoms with Gasteiger partial charge < -0.3 is 0 Å². The molecule has 280 valence electrons. The van der Waals surface area contributed by atoms with E-state index in [1.165, 1.54) is 66.8 Å². The zero-order chi connectivity index (χ0) is 39.7. The van der Waals surface area contributed by atoms with Crippen LogP contribution in [0.5, 0.6) is 0 Å². The normalized spacial score (nSPS) is 17.1. The molecule has 0 fully saturated rings. The Morgan fingerprint density at radius 3 is 1.55 bits per heavy atom. The van der Waals surface area contributed by atoms with Crippen molar-refractivity contribution in [3.63, 3.8) is 0 Å². The van der Waals surface area contributed by atoms with Crippen molar-refractivity contribution in [3.05, 3.63) is 275 Å². The molecule has 2 heteroatoms. The second kappa shape index (κ2) is 13.4. The van der Waals surface area contributed by atoms with Crippen molar-refractivity contribution in [2.45, 2.75) is 10.8 Å². The van der Waals surface area contributed by atoms with Crippen molar-refractivity contribution in [1.29, 1.82) is 0 Å². The molecular formula is C58H38N2. The molecule has 0 spiro atoms. The van der Waals surface area contributed by atoms with Gasteiger partial charge in [0, 0.05) is 16.5 Å². The van der Waals surface area contributed by atoms with Crippen LogP contribution < -0.4 is 0 Å². The SMILES string of the molecule is c1ccc(-c2ccc(-c3nc(-c4cccc(C5(c6ccccc6)c6ccccc6C6(c7ccccc7)c7ccccc7-c7cccc5c76)c4)nc4ccccc34)cc2)cc1. The van der Waals surface area contributed by atoms with E-state index in [2.05, 4.69) is 231 Å². The van der Waals surface area contributed by atoms with E-state index in [9.17, 15) is 0 Å². The quantitative estimate of drug-likeness (QED) is 0.169. The third-order valence-corrected chi connectivity index (χ3v) is 13.0. The van der Waals surface area contributed by atoms with E-state index in [1.54, 1.807) is 0 Å². The lowest BCUT2D eigenvalue weighted by molar-refractivity contribution is 0.627. The monoisotopic (exact) mass is 762 g/mol. The number of fused-ring (bicyclic) bond motifs is 6. The van der Waals surface area contributed by atoms with Crippen LogP contribution in [0.2, 0.25) is 0 Å². The Hall–Kier alpha value is -7.68. The molecular weight excluding hydrogens is 725 g/mol. The van der Waals surface area contributed by atoms with Crippen LogP contribution in [0.1, 0.15) is 44.5 Å². The van der Waals surface area contributed by atoms with Gasteiger partial charge in [0.2, 0.25) is 0 Å². The highest BCUT2D eigenvalue weighted by atomic mass is 14.9. The molecule has 0 aliphatic heterocycles. The number of aromatic nitrogens is 2. The molecule has 1 aromatic heterocycles. The first-order valence-electron chi connectivity index (χ1n) is 20.7. The van der Waals surface area contributed by atoms with Crippen molar-refractivity contribution in [3.8, 4) is 44.9 Å². The highest BCUT2D eigenvalue weighted by Crippen LogP contribution is 2.65. The summed E-state index contributed by atoms with van der Waals surface area (Å²) < 4.78 is 0. The lowest BCUT2D eigenvalue weighted by Gasteiger charge is -2.49.